The molecule has 0 aliphatic carbocycles. The van der Waals surface area contributed by atoms with E-state index in [1.807, 2.05) is 0 Å². The van der Waals surface area contributed by atoms with Gasteiger partial charge in [-0.1, -0.05) is 15.9 Å². The maximum atomic E-state index is 12.4. The van der Waals surface area contributed by atoms with Gasteiger partial charge in [-0.3, -0.25) is 0 Å². The predicted molar refractivity (Wildman–Crippen MR) is 53.9 cm³/mol. The van der Waals surface area contributed by atoms with E-state index in [0.717, 1.165) is 12.1 Å². The minimum Gasteiger partial charge on any atom is -0.166 e. The number of aryl methyl sites for hydroxylation is 1. The maximum Gasteiger partial charge on any atom is 0.416 e. The van der Waals surface area contributed by atoms with Crippen molar-refractivity contribution in [2.75, 3.05) is 5.33 Å². The highest BCUT2D eigenvalue weighted by Crippen LogP contribution is 2.36. The van der Waals surface area contributed by atoms with Gasteiger partial charge in [-0.15, -0.1) is 0 Å². The molecule has 1 aromatic carbocycles. The molecule has 0 heterocycles. The average molecular weight is 321 g/mol. The van der Waals surface area contributed by atoms with Crippen molar-refractivity contribution in [3.63, 3.8) is 0 Å². The predicted octanol–water partition coefficient (Wildman–Crippen LogP) is 4.66. The summed E-state index contributed by atoms with van der Waals surface area (Å²) in [6.45, 7) is 0. The molecule has 0 fully saturated rings. The molecule has 0 nitrogen and oxygen atoms in total. The summed E-state index contributed by atoms with van der Waals surface area (Å²) in [5.41, 5.74) is -2.55. The molecule has 0 unspecified atom stereocenters. The summed E-state index contributed by atoms with van der Waals surface area (Å²) < 4.78 is 74.4. The highest BCUT2D eigenvalue weighted by atomic mass is 79.9. The fourth-order valence-electron chi connectivity index (χ4n) is 1.27. The van der Waals surface area contributed by atoms with Crippen molar-refractivity contribution >= 4 is 15.9 Å². The molecule has 1 rings (SSSR count). The number of alkyl halides is 7. The van der Waals surface area contributed by atoms with Gasteiger partial charge in [0.1, 0.15) is 0 Å². The molecule has 0 N–H and O–H groups in total. The smallest absolute Gasteiger partial charge is 0.166 e. The Bertz CT molecular complexity index is 361. The molecule has 0 atom stereocenters. The van der Waals surface area contributed by atoms with Gasteiger partial charge in [0.05, 0.1) is 11.1 Å². The Balaban J connectivity index is 3.29. The van der Waals surface area contributed by atoms with E-state index in [2.05, 4.69) is 15.9 Å². The molecule has 7 heteroatoms. The number of benzene rings is 1. The Labute approximate surface area is 102 Å². The third-order valence-corrected chi connectivity index (χ3v) is 2.43. The molecule has 0 amide bonds. The topological polar surface area (TPSA) is 0 Å². The molecule has 0 saturated carbocycles. The summed E-state index contributed by atoms with van der Waals surface area (Å²) >= 11 is 2.97. The van der Waals surface area contributed by atoms with Gasteiger partial charge in [0, 0.05) is 5.33 Å². The van der Waals surface area contributed by atoms with Crippen LogP contribution in [0.25, 0.3) is 0 Å². The van der Waals surface area contributed by atoms with E-state index in [1.165, 1.54) is 0 Å². The van der Waals surface area contributed by atoms with Crippen LogP contribution in [0.2, 0.25) is 0 Å². The van der Waals surface area contributed by atoms with E-state index in [4.69, 9.17) is 0 Å². The molecule has 1 aromatic rings. The lowest BCUT2D eigenvalue weighted by Crippen LogP contribution is -2.11. The summed E-state index contributed by atoms with van der Waals surface area (Å²) in [7, 11) is 0. The van der Waals surface area contributed by atoms with Crippen LogP contribution >= 0.6 is 15.9 Å². The molecular weight excluding hydrogens is 314 g/mol. The van der Waals surface area contributed by atoms with Crippen LogP contribution in [0.1, 0.15) is 16.7 Å². The summed E-state index contributed by atoms with van der Waals surface area (Å²) in [4.78, 5) is 0. The first-order valence-corrected chi connectivity index (χ1v) is 5.61. The van der Waals surface area contributed by atoms with Gasteiger partial charge in [-0.25, -0.2) is 0 Å². The van der Waals surface area contributed by atoms with Crippen molar-refractivity contribution in [1.82, 2.24) is 0 Å². The first-order chi connectivity index (χ1) is 7.64. The zero-order valence-electron chi connectivity index (χ0n) is 8.29. The van der Waals surface area contributed by atoms with Crippen LogP contribution < -0.4 is 0 Å². The first-order valence-electron chi connectivity index (χ1n) is 4.49. The standard InChI is InChI=1S/C10H7BrF6/c11-2-1-6-3-7(9(12,13)14)5-8(4-6)10(15,16)17/h3-5H,1-2H2. The minimum atomic E-state index is -4.78. The molecule has 0 bridgehead atoms. The summed E-state index contributed by atoms with van der Waals surface area (Å²) in [6.07, 6.45) is -9.45. The van der Waals surface area contributed by atoms with Crippen LogP contribution in [0.15, 0.2) is 18.2 Å². The van der Waals surface area contributed by atoms with Gasteiger partial charge < -0.3 is 0 Å². The molecule has 0 saturated heterocycles. The van der Waals surface area contributed by atoms with E-state index in [9.17, 15) is 26.3 Å². The summed E-state index contributed by atoms with van der Waals surface area (Å²) in [5, 5.41) is 0.297. The normalized spacial score (nSPS) is 12.9. The third kappa shape index (κ3) is 3.90. The van der Waals surface area contributed by atoms with Gasteiger partial charge in [0.2, 0.25) is 0 Å². The number of hydrogen-bond acceptors (Lipinski definition) is 0. The molecule has 0 aliphatic heterocycles. The number of rotatable bonds is 2. The lowest BCUT2D eigenvalue weighted by atomic mass is 10.0. The number of halogens is 7. The number of hydrogen-bond donors (Lipinski definition) is 0. The maximum absolute atomic E-state index is 12.4. The van der Waals surface area contributed by atoms with Gasteiger partial charge >= 0.3 is 12.4 Å². The lowest BCUT2D eigenvalue weighted by Gasteiger charge is -2.13. The minimum absolute atomic E-state index is 0.00373. The Kier molecular flexibility index (Phi) is 4.11. The zero-order valence-corrected chi connectivity index (χ0v) is 9.88. The molecule has 0 aromatic heterocycles. The Morgan fingerprint density at radius 2 is 1.24 bits per heavy atom. The average Bonchev–Trinajstić information content (AvgIpc) is 2.15. The van der Waals surface area contributed by atoms with Crippen molar-refractivity contribution < 1.29 is 26.3 Å². The van der Waals surface area contributed by atoms with Crippen molar-refractivity contribution in [2.24, 2.45) is 0 Å². The lowest BCUT2D eigenvalue weighted by molar-refractivity contribution is -0.143. The van der Waals surface area contributed by atoms with Crippen LogP contribution in [0.4, 0.5) is 26.3 Å². The second-order valence-electron chi connectivity index (χ2n) is 3.35. The zero-order chi connectivity index (χ0) is 13.3. The van der Waals surface area contributed by atoms with Gasteiger partial charge in [0.25, 0.3) is 0 Å². The van der Waals surface area contributed by atoms with Gasteiger partial charge in [-0.2, -0.15) is 26.3 Å². The second kappa shape index (κ2) is 4.88. The van der Waals surface area contributed by atoms with E-state index in [0.29, 0.717) is 5.33 Å². The Hall–Kier alpha value is -0.720. The van der Waals surface area contributed by atoms with Gasteiger partial charge in [0.15, 0.2) is 0 Å². The quantitative estimate of drug-likeness (QED) is 0.549. The van der Waals surface area contributed by atoms with E-state index in [-0.39, 0.29) is 18.1 Å². The summed E-state index contributed by atoms with van der Waals surface area (Å²) in [6, 6.07) is 1.59. The molecule has 96 valence electrons. The largest absolute Gasteiger partial charge is 0.416 e. The van der Waals surface area contributed by atoms with Crippen molar-refractivity contribution in [3.05, 3.63) is 34.9 Å². The van der Waals surface area contributed by atoms with E-state index in [1.54, 1.807) is 0 Å². The van der Waals surface area contributed by atoms with Crippen LogP contribution in [0, 0.1) is 0 Å². The third-order valence-electron chi connectivity index (χ3n) is 2.03. The Morgan fingerprint density at radius 1 is 0.824 bits per heavy atom. The van der Waals surface area contributed by atoms with Crippen molar-refractivity contribution in [2.45, 2.75) is 18.8 Å². The molecule has 0 radical (unpaired) electrons. The highest BCUT2D eigenvalue weighted by Gasteiger charge is 2.36. The van der Waals surface area contributed by atoms with Gasteiger partial charge in [-0.05, 0) is 30.2 Å². The highest BCUT2D eigenvalue weighted by molar-refractivity contribution is 9.09. The molecule has 0 aliphatic rings. The van der Waals surface area contributed by atoms with Crippen LogP contribution in [-0.2, 0) is 18.8 Å². The van der Waals surface area contributed by atoms with E-state index < -0.39 is 23.5 Å². The van der Waals surface area contributed by atoms with Crippen LogP contribution in [0.5, 0.6) is 0 Å². The monoisotopic (exact) mass is 320 g/mol. The molecular formula is C10H7BrF6. The first kappa shape index (κ1) is 14.3. The SMILES string of the molecule is FC(F)(F)c1cc(CCBr)cc(C(F)(F)F)c1. The molecule has 0 spiro atoms. The van der Waals surface area contributed by atoms with E-state index >= 15 is 0 Å². The fraction of sp³-hybridized carbons (Fsp3) is 0.400. The van der Waals surface area contributed by atoms with Crippen LogP contribution in [0.3, 0.4) is 0 Å². The van der Waals surface area contributed by atoms with Crippen molar-refractivity contribution in [3.8, 4) is 0 Å². The molecule has 17 heavy (non-hydrogen) atoms. The Morgan fingerprint density at radius 3 is 1.53 bits per heavy atom. The fourth-order valence-corrected chi connectivity index (χ4v) is 1.73. The summed E-state index contributed by atoms with van der Waals surface area (Å²) in [5.74, 6) is 0. The van der Waals surface area contributed by atoms with Crippen LogP contribution in [-0.4, -0.2) is 5.33 Å². The second-order valence-corrected chi connectivity index (χ2v) is 4.15. The van der Waals surface area contributed by atoms with Crippen molar-refractivity contribution in [1.29, 1.82) is 0 Å².